The number of hydrogen-bond acceptors (Lipinski definition) is 6. The van der Waals surface area contributed by atoms with Gasteiger partial charge in [-0.3, -0.25) is 14.5 Å². The van der Waals surface area contributed by atoms with Gasteiger partial charge in [0.25, 0.3) is 5.91 Å². The molecule has 0 saturated heterocycles. The quantitative estimate of drug-likeness (QED) is 0.749. The number of hydrogen-bond donors (Lipinski definition) is 0. The van der Waals surface area contributed by atoms with Crippen LogP contribution in [0.4, 0.5) is 5.69 Å². The molecule has 142 valence electrons. The van der Waals surface area contributed by atoms with Crippen molar-refractivity contribution < 1.29 is 19.1 Å². The third kappa shape index (κ3) is 3.69. The van der Waals surface area contributed by atoms with Gasteiger partial charge in [-0.1, -0.05) is 0 Å². The zero-order valence-corrected chi connectivity index (χ0v) is 16.3. The number of amides is 1. The number of fused-ring (bicyclic) bond motifs is 1. The Balaban J connectivity index is 1.61. The molecule has 1 unspecified atom stereocenters. The molecule has 0 bridgehead atoms. The molecule has 7 heteroatoms. The summed E-state index contributed by atoms with van der Waals surface area (Å²) in [7, 11) is 0. The van der Waals surface area contributed by atoms with Gasteiger partial charge in [-0.15, -0.1) is 11.3 Å². The summed E-state index contributed by atoms with van der Waals surface area (Å²) in [5.41, 5.74) is 2.32. The summed E-state index contributed by atoms with van der Waals surface area (Å²) in [4.78, 5) is 31.1. The van der Waals surface area contributed by atoms with Crippen molar-refractivity contribution in [2.24, 2.45) is 0 Å². The van der Waals surface area contributed by atoms with Crippen molar-refractivity contribution in [3.05, 3.63) is 28.6 Å². The van der Waals surface area contributed by atoms with Gasteiger partial charge in [0.2, 0.25) is 0 Å². The first kappa shape index (κ1) is 18.0. The van der Waals surface area contributed by atoms with Crippen LogP contribution in [0, 0.1) is 6.92 Å². The molecular formula is C20H22N2O4S. The summed E-state index contributed by atoms with van der Waals surface area (Å²) in [6.45, 7) is 3.54. The number of nitrogens with zero attached hydrogens (tertiary/aromatic N) is 2. The molecular weight excluding hydrogens is 364 g/mol. The Bertz CT molecular complexity index is 873. The number of rotatable bonds is 4. The number of thiazole rings is 1. The molecule has 1 atom stereocenters. The van der Waals surface area contributed by atoms with Crippen LogP contribution < -0.4 is 9.64 Å². The van der Waals surface area contributed by atoms with Crippen molar-refractivity contribution in [3.8, 4) is 17.0 Å². The monoisotopic (exact) mass is 386 g/mol. The summed E-state index contributed by atoms with van der Waals surface area (Å²) >= 11 is 1.57. The van der Waals surface area contributed by atoms with Gasteiger partial charge in [0.05, 0.1) is 16.4 Å². The fraction of sp³-hybridized carbons (Fsp3) is 0.450. The maximum atomic E-state index is 12.7. The Morgan fingerprint density at radius 2 is 2.15 bits per heavy atom. The molecule has 1 aliphatic carbocycles. The minimum absolute atomic E-state index is 0.0187. The lowest BCUT2D eigenvalue weighted by molar-refractivity contribution is -0.148. The highest BCUT2D eigenvalue weighted by molar-refractivity contribution is 7.09. The second-order valence-corrected chi connectivity index (χ2v) is 8.08. The number of benzene rings is 1. The van der Waals surface area contributed by atoms with E-state index in [0.29, 0.717) is 11.4 Å². The van der Waals surface area contributed by atoms with Gasteiger partial charge in [-0.05, 0) is 57.7 Å². The number of aryl methyl sites for hydroxylation is 1. The molecule has 0 N–H and O–H groups in total. The van der Waals surface area contributed by atoms with Gasteiger partial charge in [0.1, 0.15) is 18.4 Å². The molecule has 1 saturated carbocycles. The summed E-state index contributed by atoms with van der Waals surface area (Å²) in [6, 6.07) is 5.61. The van der Waals surface area contributed by atoms with E-state index in [0.717, 1.165) is 41.9 Å². The smallest absolute Gasteiger partial charge is 0.326 e. The highest BCUT2D eigenvalue weighted by Gasteiger charge is 2.34. The molecule has 6 nitrogen and oxygen atoms in total. The van der Waals surface area contributed by atoms with Crippen LogP contribution in [-0.2, 0) is 14.3 Å². The molecule has 1 aliphatic heterocycles. The van der Waals surface area contributed by atoms with E-state index >= 15 is 0 Å². The third-order valence-corrected chi connectivity index (χ3v) is 5.74. The largest absolute Gasteiger partial charge is 0.479 e. The molecule has 2 heterocycles. The standard InChI is InChI=1S/C20H22N2O4S/c1-12-20(24)22(10-19(23)26-15-5-3-4-6-15)17-9-14(7-8-18(17)25-12)16-11-27-13(2)21-16/h7-9,11-12,15H,3-6,10H2,1-2H3. The molecule has 0 radical (unpaired) electrons. The van der Waals surface area contributed by atoms with Gasteiger partial charge in [0.15, 0.2) is 6.10 Å². The van der Waals surface area contributed by atoms with Crippen molar-refractivity contribution in [1.29, 1.82) is 0 Å². The molecule has 0 spiro atoms. The van der Waals surface area contributed by atoms with Crippen LogP contribution in [0.3, 0.4) is 0 Å². The van der Waals surface area contributed by atoms with Gasteiger partial charge in [0, 0.05) is 10.9 Å². The van der Waals surface area contributed by atoms with Gasteiger partial charge >= 0.3 is 5.97 Å². The summed E-state index contributed by atoms with van der Waals surface area (Å²) in [5, 5.41) is 2.95. The van der Waals surface area contributed by atoms with Crippen LogP contribution in [0.2, 0.25) is 0 Å². The van der Waals surface area contributed by atoms with E-state index in [1.165, 1.54) is 4.90 Å². The minimum Gasteiger partial charge on any atom is -0.479 e. The van der Waals surface area contributed by atoms with Crippen molar-refractivity contribution >= 4 is 28.9 Å². The number of ether oxygens (including phenoxy) is 2. The average molecular weight is 386 g/mol. The SMILES string of the molecule is Cc1nc(-c2ccc3c(c2)N(CC(=O)OC2CCCC2)C(=O)C(C)O3)cs1. The Labute approximate surface area is 162 Å². The highest BCUT2D eigenvalue weighted by Crippen LogP contribution is 2.37. The molecule has 1 fully saturated rings. The predicted molar refractivity (Wildman–Crippen MR) is 103 cm³/mol. The van der Waals surface area contributed by atoms with E-state index < -0.39 is 6.10 Å². The van der Waals surface area contributed by atoms with Gasteiger partial charge < -0.3 is 9.47 Å². The first-order chi connectivity index (χ1) is 13.0. The summed E-state index contributed by atoms with van der Waals surface area (Å²) < 4.78 is 11.3. The lowest BCUT2D eigenvalue weighted by Crippen LogP contribution is -2.47. The number of aromatic nitrogens is 1. The molecule has 2 aromatic rings. The average Bonchev–Trinajstić information content (AvgIpc) is 3.30. The first-order valence-corrected chi connectivity index (χ1v) is 10.1. The molecule has 4 rings (SSSR count). The number of esters is 1. The number of anilines is 1. The van der Waals surface area contributed by atoms with Crippen molar-refractivity contribution in [2.45, 2.75) is 51.7 Å². The first-order valence-electron chi connectivity index (χ1n) is 9.25. The van der Waals surface area contributed by atoms with Crippen LogP contribution in [0.15, 0.2) is 23.6 Å². The summed E-state index contributed by atoms with van der Waals surface area (Å²) in [5.74, 6) is -0.0193. The predicted octanol–water partition coefficient (Wildman–Crippen LogP) is 3.72. The lowest BCUT2D eigenvalue weighted by atomic mass is 10.1. The fourth-order valence-electron chi connectivity index (χ4n) is 3.58. The van der Waals surface area contributed by atoms with E-state index in [-0.39, 0.29) is 24.5 Å². The topological polar surface area (TPSA) is 68.7 Å². The van der Waals surface area contributed by atoms with Gasteiger partial charge in [-0.2, -0.15) is 0 Å². The minimum atomic E-state index is -0.635. The normalized spacial score (nSPS) is 19.7. The van der Waals surface area contributed by atoms with Crippen molar-refractivity contribution in [3.63, 3.8) is 0 Å². The van der Waals surface area contributed by atoms with E-state index in [9.17, 15) is 9.59 Å². The Kier molecular flexibility index (Phi) is 4.86. The molecule has 1 aromatic carbocycles. The van der Waals surface area contributed by atoms with Crippen LogP contribution in [0.5, 0.6) is 5.75 Å². The van der Waals surface area contributed by atoms with Crippen LogP contribution >= 0.6 is 11.3 Å². The zero-order valence-electron chi connectivity index (χ0n) is 15.4. The second kappa shape index (κ2) is 7.31. The van der Waals surface area contributed by atoms with Crippen LogP contribution in [0.1, 0.15) is 37.6 Å². The van der Waals surface area contributed by atoms with Crippen LogP contribution in [-0.4, -0.2) is 35.6 Å². The molecule has 1 amide bonds. The van der Waals surface area contributed by atoms with Crippen molar-refractivity contribution in [1.82, 2.24) is 4.98 Å². The number of carbonyl (C=O) groups is 2. The Hall–Kier alpha value is -2.41. The van der Waals surface area contributed by atoms with Gasteiger partial charge in [-0.25, -0.2) is 4.98 Å². The lowest BCUT2D eigenvalue weighted by Gasteiger charge is -2.32. The van der Waals surface area contributed by atoms with Crippen molar-refractivity contribution in [2.75, 3.05) is 11.4 Å². The molecule has 1 aromatic heterocycles. The van der Waals surface area contributed by atoms with E-state index in [2.05, 4.69) is 4.98 Å². The molecule has 2 aliphatic rings. The number of carbonyl (C=O) groups excluding carboxylic acids is 2. The highest BCUT2D eigenvalue weighted by atomic mass is 32.1. The molecule has 27 heavy (non-hydrogen) atoms. The Morgan fingerprint density at radius 3 is 2.85 bits per heavy atom. The van der Waals surface area contributed by atoms with E-state index in [1.54, 1.807) is 18.3 Å². The third-order valence-electron chi connectivity index (χ3n) is 4.97. The zero-order chi connectivity index (χ0) is 19.0. The van der Waals surface area contributed by atoms with E-state index in [1.807, 2.05) is 30.5 Å². The second-order valence-electron chi connectivity index (χ2n) is 7.02. The maximum absolute atomic E-state index is 12.7. The fourth-order valence-corrected chi connectivity index (χ4v) is 4.21. The maximum Gasteiger partial charge on any atom is 0.326 e. The van der Waals surface area contributed by atoms with E-state index in [4.69, 9.17) is 9.47 Å². The van der Waals surface area contributed by atoms with Crippen LogP contribution in [0.25, 0.3) is 11.3 Å². The summed E-state index contributed by atoms with van der Waals surface area (Å²) in [6.07, 6.45) is 3.33. The Morgan fingerprint density at radius 1 is 1.37 bits per heavy atom.